The fourth-order valence-corrected chi connectivity index (χ4v) is 2.75. The molecular weight excluding hydrogens is 241 g/mol. The molecule has 1 saturated heterocycles. The number of ether oxygens (including phenoxy) is 1. The van der Waals surface area contributed by atoms with Gasteiger partial charge in [-0.05, 0) is 49.8 Å². The van der Waals surface area contributed by atoms with Crippen LogP contribution in [0.4, 0.5) is 4.39 Å². The minimum absolute atomic E-state index is 0.0825. The zero-order valence-electron chi connectivity index (χ0n) is 12.1. The van der Waals surface area contributed by atoms with Gasteiger partial charge in [-0.15, -0.1) is 0 Å². The van der Waals surface area contributed by atoms with Crippen LogP contribution < -0.4 is 5.32 Å². The Morgan fingerprint density at radius 3 is 2.63 bits per heavy atom. The molecule has 3 heteroatoms. The third-order valence-corrected chi connectivity index (χ3v) is 3.91. The lowest BCUT2D eigenvalue weighted by Gasteiger charge is -2.29. The summed E-state index contributed by atoms with van der Waals surface area (Å²) >= 11 is 0. The summed E-state index contributed by atoms with van der Waals surface area (Å²) in [6.07, 6.45) is 3.61. The molecule has 0 saturated carbocycles. The highest BCUT2D eigenvalue weighted by atomic mass is 19.1. The molecule has 0 radical (unpaired) electrons. The molecule has 19 heavy (non-hydrogen) atoms. The second-order valence-corrected chi connectivity index (χ2v) is 5.55. The molecule has 1 N–H and O–H groups in total. The van der Waals surface area contributed by atoms with Crippen LogP contribution >= 0.6 is 0 Å². The van der Waals surface area contributed by atoms with E-state index >= 15 is 0 Å². The van der Waals surface area contributed by atoms with Crippen molar-refractivity contribution in [3.05, 3.63) is 34.6 Å². The van der Waals surface area contributed by atoms with E-state index in [4.69, 9.17) is 4.74 Å². The molecule has 1 aromatic rings. The van der Waals surface area contributed by atoms with Crippen molar-refractivity contribution in [1.82, 2.24) is 5.32 Å². The largest absolute Gasteiger partial charge is 0.378 e. The molecule has 1 heterocycles. The quantitative estimate of drug-likeness (QED) is 0.899. The van der Waals surface area contributed by atoms with E-state index in [2.05, 4.69) is 12.2 Å². The zero-order chi connectivity index (χ0) is 13.8. The Labute approximate surface area is 115 Å². The fraction of sp³-hybridized carbons (Fsp3) is 0.625. The Bertz CT molecular complexity index is 410. The lowest BCUT2D eigenvalue weighted by molar-refractivity contribution is -0.000320. The van der Waals surface area contributed by atoms with E-state index in [-0.39, 0.29) is 5.82 Å². The molecule has 0 bridgehead atoms. The van der Waals surface area contributed by atoms with Gasteiger partial charge in [-0.25, -0.2) is 4.39 Å². The van der Waals surface area contributed by atoms with Gasteiger partial charge in [0.1, 0.15) is 5.82 Å². The van der Waals surface area contributed by atoms with Crippen LogP contribution in [0.25, 0.3) is 0 Å². The van der Waals surface area contributed by atoms with Crippen molar-refractivity contribution < 1.29 is 9.13 Å². The number of benzene rings is 1. The molecule has 1 aromatic carbocycles. The molecule has 2 rings (SSSR count). The van der Waals surface area contributed by atoms with Crippen LogP contribution in [0.15, 0.2) is 12.1 Å². The number of hydrogen-bond donors (Lipinski definition) is 1. The lowest BCUT2D eigenvalue weighted by Crippen LogP contribution is -2.38. The van der Waals surface area contributed by atoms with Crippen LogP contribution in [-0.4, -0.2) is 18.8 Å². The maximum Gasteiger partial charge on any atom is 0.129 e. The van der Waals surface area contributed by atoms with Crippen LogP contribution in [0, 0.1) is 19.7 Å². The smallest absolute Gasteiger partial charge is 0.129 e. The normalized spacial score (nSPS) is 23.6. The lowest BCUT2D eigenvalue weighted by atomic mass is 10.0. The second-order valence-electron chi connectivity index (χ2n) is 5.55. The summed E-state index contributed by atoms with van der Waals surface area (Å²) in [5.41, 5.74) is 2.63. The summed E-state index contributed by atoms with van der Waals surface area (Å²) in [5, 5.41) is 3.57. The van der Waals surface area contributed by atoms with Crippen molar-refractivity contribution in [3.8, 4) is 0 Å². The van der Waals surface area contributed by atoms with E-state index in [1.54, 1.807) is 0 Å². The highest BCUT2D eigenvalue weighted by Crippen LogP contribution is 2.18. The summed E-state index contributed by atoms with van der Waals surface area (Å²) in [4.78, 5) is 0. The minimum atomic E-state index is -0.0825. The van der Waals surface area contributed by atoms with Crippen molar-refractivity contribution in [1.29, 1.82) is 0 Å². The molecular formula is C16H24FNO. The number of nitrogens with one attached hydrogen (secondary N) is 1. The Kier molecular flexibility index (Phi) is 4.94. The van der Waals surface area contributed by atoms with Gasteiger partial charge in [0, 0.05) is 19.2 Å². The van der Waals surface area contributed by atoms with E-state index in [1.165, 1.54) is 0 Å². The Balaban J connectivity index is 1.91. The summed E-state index contributed by atoms with van der Waals surface area (Å²) < 4.78 is 19.2. The van der Waals surface area contributed by atoms with E-state index in [0.29, 0.717) is 12.1 Å². The van der Waals surface area contributed by atoms with Crippen molar-refractivity contribution >= 4 is 0 Å². The van der Waals surface area contributed by atoms with Crippen molar-refractivity contribution in [2.45, 2.75) is 58.7 Å². The summed E-state index contributed by atoms with van der Waals surface area (Å²) in [6, 6.07) is 4.39. The van der Waals surface area contributed by atoms with E-state index < -0.39 is 0 Å². The Morgan fingerprint density at radius 1 is 1.32 bits per heavy atom. The van der Waals surface area contributed by atoms with Gasteiger partial charge < -0.3 is 10.1 Å². The van der Waals surface area contributed by atoms with Gasteiger partial charge in [0.2, 0.25) is 0 Å². The summed E-state index contributed by atoms with van der Waals surface area (Å²) in [7, 11) is 0. The van der Waals surface area contributed by atoms with Crippen LogP contribution in [0.2, 0.25) is 0 Å². The van der Waals surface area contributed by atoms with E-state index in [0.717, 1.165) is 49.1 Å². The van der Waals surface area contributed by atoms with Crippen LogP contribution in [0.1, 0.15) is 42.9 Å². The zero-order valence-corrected chi connectivity index (χ0v) is 12.1. The van der Waals surface area contributed by atoms with Crippen LogP contribution in [0.5, 0.6) is 0 Å². The van der Waals surface area contributed by atoms with Gasteiger partial charge in [-0.3, -0.25) is 0 Å². The average molecular weight is 265 g/mol. The summed E-state index contributed by atoms with van der Waals surface area (Å²) in [5.74, 6) is -0.0825. The molecule has 1 aliphatic heterocycles. The number of hydrogen-bond acceptors (Lipinski definition) is 2. The van der Waals surface area contributed by atoms with E-state index in [9.17, 15) is 4.39 Å². The molecule has 1 aliphatic rings. The van der Waals surface area contributed by atoms with Crippen LogP contribution in [0.3, 0.4) is 0 Å². The molecule has 106 valence electrons. The first-order valence-corrected chi connectivity index (χ1v) is 7.20. The third-order valence-electron chi connectivity index (χ3n) is 3.91. The maximum atomic E-state index is 13.6. The molecule has 2 nitrogen and oxygen atoms in total. The SMILES string of the molecule is CCC1CC(NCc2cc(C)c(F)c(C)c2)CCO1. The fourth-order valence-electron chi connectivity index (χ4n) is 2.75. The van der Waals surface area contributed by atoms with Crippen molar-refractivity contribution in [3.63, 3.8) is 0 Å². The Hall–Kier alpha value is -0.930. The number of rotatable bonds is 4. The van der Waals surface area contributed by atoms with Gasteiger partial charge in [-0.1, -0.05) is 19.1 Å². The molecule has 0 amide bonds. The molecule has 0 spiro atoms. The predicted molar refractivity (Wildman–Crippen MR) is 75.8 cm³/mol. The second kappa shape index (κ2) is 6.49. The summed E-state index contributed by atoms with van der Waals surface area (Å²) in [6.45, 7) is 7.47. The first-order valence-electron chi connectivity index (χ1n) is 7.20. The van der Waals surface area contributed by atoms with E-state index in [1.807, 2.05) is 26.0 Å². The molecule has 2 unspecified atom stereocenters. The van der Waals surface area contributed by atoms with Crippen molar-refractivity contribution in [2.75, 3.05) is 6.61 Å². The number of halogens is 1. The molecule has 0 aromatic heterocycles. The van der Waals surface area contributed by atoms with Gasteiger partial charge in [0.25, 0.3) is 0 Å². The number of aryl methyl sites for hydroxylation is 2. The maximum absolute atomic E-state index is 13.6. The standard InChI is InChI=1S/C16H24FNO/c1-4-15-9-14(5-6-19-15)18-10-13-7-11(2)16(17)12(3)8-13/h7-8,14-15,18H,4-6,9-10H2,1-3H3. The van der Waals surface area contributed by atoms with Gasteiger partial charge in [0.15, 0.2) is 0 Å². The highest BCUT2D eigenvalue weighted by molar-refractivity contribution is 5.30. The van der Waals surface area contributed by atoms with Gasteiger partial charge in [0.05, 0.1) is 6.10 Å². The third kappa shape index (κ3) is 3.77. The predicted octanol–water partition coefficient (Wildman–Crippen LogP) is 3.49. The van der Waals surface area contributed by atoms with Crippen molar-refractivity contribution in [2.24, 2.45) is 0 Å². The minimum Gasteiger partial charge on any atom is -0.378 e. The average Bonchev–Trinajstić information content (AvgIpc) is 2.42. The Morgan fingerprint density at radius 2 is 2.00 bits per heavy atom. The monoisotopic (exact) mass is 265 g/mol. The molecule has 2 atom stereocenters. The first kappa shape index (κ1) is 14.5. The topological polar surface area (TPSA) is 21.3 Å². The van der Waals surface area contributed by atoms with Gasteiger partial charge in [-0.2, -0.15) is 0 Å². The molecule has 1 fully saturated rings. The van der Waals surface area contributed by atoms with Crippen LogP contribution in [-0.2, 0) is 11.3 Å². The highest BCUT2D eigenvalue weighted by Gasteiger charge is 2.20. The van der Waals surface area contributed by atoms with Gasteiger partial charge >= 0.3 is 0 Å². The first-order chi connectivity index (χ1) is 9.10. The molecule has 0 aliphatic carbocycles.